The lowest BCUT2D eigenvalue weighted by Gasteiger charge is -2.62. The van der Waals surface area contributed by atoms with Crippen LogP contribution < -0.4 is 21.3 Å². The van der Waals surface area contributed by atoms with Gasteiger partial charge in [0.15, 0.2) is 0 Å². The molecule has 0 amide bonds. The molecule has 4 aliphatic heterocycles. The topological polar surface area (TPSA) is 67.1 Å². The van der Waals surface area contributed by atoms with Gasteiger partial charge >= 0.3 is 0 Å². The first-order valence-corrected chi connectivity index (χ1v) is 28.1. The van der Waals surface area contributed by atoms with Gasteiger partial charge in [-0.3, -0.25) is 25.3 Å². The van der Waals surface area contributed by atoms with Crippen LogP contribution in [0.1, 0.15) is 205 Å². The van der Waals surface area contributed by atoms with E-state index in [1.807, 2.05) is 0 Å². The molecule has 11 atom stereocenters. The Morgan fingerprint density at radius 3 is 1.48 bits per heavy atom. The largest absolute Gasteiger partial charge is 0.372 e. The average molecular weight is 844 g/mol. The lowest BCUT2D eigenvalue weighted by atomic mass is 9.69. The Hall–Kier alpha value is -0.320. The van der Waals surface area contributed by atoms with Crippen molar-refractivity contribution >= 4 is 0 Å². The van der Waals surface area contributed by atoms with E-state index in [1.165, 1.54) is 232 Å². The highest BCUT2D eigenvalue weighted by atomic mass is 16.5. The van der Waals surface area contributed by atoms with Crippen molar-refractivity contribution in [2.24, 2.45) is 23.7 Å². The third-order valence-electron chi connectivity index (χ3n) is 20.3. The minimum Gasteiger partial charge on any atom is -0.372 e. The molecule has 11 fully saturated rings. The van der Waals surface area contributed by atoms with Gasteiger partial charge in [0.2, 0.25) is 0 Å². The molecule has 0 aromatic heterocycles. The van der Waals surface area contributed by atoms with Gasteiger partial charge in [-0.05, 0) is 152 Å². The van der Waals surface area contributed by atoms with Crippen molar-refractivity contribution in [1.29, 1.82) is 0 Å². The first kappa shape index (κ1) is 43.3. The molecule has 7 saturated carbocycles. The van der Waals surface area contributed by atoms with Gasteiger partial charge in [-0.15, -0.1) is 0 Å². The van der Waals surface area contributed by atoms with Crippen LogP contribution in [-0.4, -0.2) is 120 Å². The van der Waals surface area contributed by atoms with Gasteiger partial charge in [0.05, 0.1) is 24.5 Å². The maximum absolute atomic E-state index is 7.40. The normalized spacial score (nSPS) is 44.0. The summed E-state index contributed by atoms with van der Waals surface area (Å²) in [6, 6.07) is 6.64. The van der Waals surface area contributed by atoms with Crippen molar-refractivity contribution in [3.8, 4) is 0 Å². The van der Waals surface area contributed by atoms with E-state index in [2.05, 4.69) is 36.0 Å². The number of ether oxygens (including phenoxy) is 1. The number of likely N-dealkylation sites (tertiary alicyclic amines) is 1. The van der Waals surface area contributed by atoms with Crippen molar-refractivity contribution in [2.75, 3.05) is 26.2 Å². The fraction of sp³-hybridized carbons (Fsp3) is 1.00. The summed E-state index contributed by atoms with van der Waals surface area (Å²) in [5.74, 6) is 3.29. The van der Waals surface area contributed by atoms with Gasteiger partial charge in [-0.2, -0.15) is 0 Å². The Morgan fingerprint density at radius 2 is 0.902 bits per heavy atom. The highest BCUT2D eigenvalue weighted by Crippen LogP contribution is 2.46. The van der Waals surface area contributed by atoms with E-state index in [-0.39, 0.29) is 0 Å². The molecule has 7 aliphatic carbocycles. The Labute approximate surface area is 373 Å². The van der Waals surface area contributed by atoms with Crippen molar-refractivity contribution in [2.45, 2.75) is 284 Å². The first-order chi connectivity index (χ1) is 30.2. The van der Waals surface area contributed by atoms with Crippen LogP contribution in [0.3, 0.4) is 0 Å². The molecule has 0 aromatic rings. The van der Waals surface area contributed by atoms with Crippen LogP contribution in [0.5, 0.6) is 0 Å². The number of rotatable bonds is 9. The molecule has 11 unspecified atom stereocenters. The lowest BCUT2D eigenvalue weighted by molar-refractivity contribution is -0.211. The second-order valence-electron chi connectivity index (χ2n) is 23.8. The predicted octanol–water partition coefficient (Wildman–Crippen LogP) is 9.07. The summed E-state index contributed by atoms with van der Waals surface area (Å²) in [7, 11) is 0. The van der Waals surface area contributed by atoms with E-state index in [9.17, 15) is 0 Å². The summed E-state index contributed by atoms with van der Waals surface area (Å²) in [5, 5.41) is 16.7. The number of hydrogen-bond acceptors (Lipinski definition) is 8. The lowest BCUT2D eigenvalue weighted by Crippen LogP contribution is -2.73. The van der Waals surface area contributed by atoms with E-state index in [1.54, 1.807) is 0 Å². The van der Waals surface area contributed by atoms with Gasteiger partial charge in [0.25, 0.3) is 0 Å². The molecule has 4 N–H and O–H groups in total. The standard InChI is InChI=1S/C53H93N7O/c1-5-15-37(16-6-1)52-54-29-27-46(56-52)39-31-40(47-28-30-55-53(57-47)38-17-7-2-8-18-38)33-44(32-39)58-35-45(36-58)60-48-23-13-14-24-50(48)61-51-34-43(25-26-49(51)60)59(41-19-9-3-10-20-41)42-21-11-4-12-22-42/h37-57H,1-36H2. The molecule has 0 spiro atoms. The fourth-order valence-corrected chi connectivity index (χ4v) is 17.2. The average Bonchev–Trinajstić information content (AvgIpc) is 3.32. The Morgan fingerprint density at radius 1 is 0.393 bits per heavy atom. The van der Waals surface area contributed by atoms with Crippen LogP contribution in [0.15, 0.2) is 0 Å². The van der Waals surface area contributed by atoms with Crippen LogP contribution >= 0.6 is 0 Å². The third-order valence-corrected chi connectivity index (χ3v) is 20.3. The molecule has 4 saturated heterocycles. The SMILES string of the molecule is C1CCC(C2NCCC(C3CC(C4CCNC(C5CCCCC5)N4)CC(N4CC(N5C6CCCCC6OC6CC(N(C7CCCCC7)C7CCCCC7)CCC65)C4)C3)N2)CC1. The van der Waals surface area contributed by atoms with Crippen molar-refractivity contribution in [3.05, 3.63) is 0 Å². The number of nitrogens with zero attached hydrogens (tertiary/aromatic N) is 3. The Balaban J connectivity index is 0.787. The van der Waals surface area contributed by atoms with Crippen LogP contribution in [0.25, 0.3) is 0 Å². The molecule has 8 nitrogen and oxygen atoms in total. The summed E-state index contributed by atoms with van der Waals surface area (Å²) in [4.78, 5) is 9.46. The number of hydrogen-bond donors (Lipinski definition) is 4. The van der Waals surface area contributed by atoms with Crippen LogP contribution in [0.2, 0.25) is 0 Å². The Kier molecular flexibility index (Phi) is 14.4. The smallest absolute Gasteiger partial charge is 0.0749 e. The zero-order valence-electron chi connectivity index (χ0n) is 39.0. The minimum absolute atomic E-state index is 0.455. The van der Waals surface area contributed by atoms with Crippen molar-refractivity contribution in [3.63, 3.8) is 0 Å². The van der Waals surface area contributed by atoms with Gasteiger partial charge in [-0.1, -0.05) is 89.9 Å². The zero-order chi connectivity index (χ0) is 40.5. The highest BCUT2D eigenvalue weighted by molar-refractivity contribution is 5.08. The second kappa shape index (κ2) is 20.3. The summed E-state index contributed by atoms with van der Waals surface area (Å²) >= 11 is 0. The van der Waals surface area contributed by atoms with Crippen molar-refractivity contribution < 1.29 is 4.74 Å². The fourth-order valence-electron chi connectivity index (χ4n) is 17.2. The maximum Gasteiger partial charge on any atom is 0.0749 e. The molecule has 0 aromatic carbocycles. The van der Waals surface area contributed by atoms with Gasteiger partial charge in [-0.25, -0.2) is 0 Å². The second-order valence-corrected chi connectivity index (χ2v) is 23.8. The van der Waals surface area contributed by atoms with Crippen LogP contribution in [0.4, 0.5) is 0 Å². The van der Waals surface area contributed by atoms with Crippen molar-refractivity contribution in [1.82, 2.24) is 36.0 Å². The van der Waals surface area contributed by atoms with E-state index >= 15 is 0 Å². The third kappa shape index (κ3) is 9.62. The molecule has 61 heavy (non-hydrogen) atoms. The van der Waals surface area contributed by atoms with Crippen LogP contribution in [-0.2, 0) is 4.74 Å². The predicted molar refractivity (Wildman–Crippen MR) is 250 cm³/mol. The first-order valence-electron chi connectivity index (χ1n) is 28.1. The summed E-state index contributed by atoms with van der Waals surface area (Å²) in [6.07, 6.45) is 47.6. The molecular formula is C53H93N7O. The van der Waals surface area contributed by atoms with E-state index in [0.717, 1.165) is 53.9 Å². The molecule has 11 aliphatic rings. The zero-order valence-corrected chi connectivity index (χ0v) is 39.0. The van der Waals surface area contributed by atoms with E-state index < -0.39 is 0 Å². The molecule has 4 heterocycles. The number of fused-ring (bicyclic) bond motifs is 2. The molecule has 0 radical (unpaired) electrons. The summed E-state index contributed by atoms with van der Waals surface area (Å²) in [6.45, 7) is 5.08. The van der Waals surface area contributed by atoms with Gasteiger partial charge < -0.3 is 15.4 Å². The molecule has 11 rings (SSSR count). The van der Waals surface area contributed by atoms with Crippen LogP contribution in [0, 0.1) is 23.7 Å². The molecule has 346 valence electrons. The highest BCUT2D eigenvalue weighted by Gasteiger charge is 2.54. The minimum atomic E-state index is 0.455. The van der Waals surface area contributed by atoms with E-state index in [4.69, 9.17) is 4.74 Å². The number of nitrogens with one attached hydrogen (secondary N) is 4. The quantitative estimate of drug-likeness (QED) is 0.184. The molecule has 0 bridgehead atoms. The monoisotopic (exact) mass is 844 g/mol. The number of morpholine rings is 1. The Bertz CT molecular complexity index is 1290. The van der Waals surface area contributed by atoms with Gasteiger partial charge in [0.1, 0.15) is 0 Å². The maximum atomic E-state index is 7.40. The molecule has 8 heteroatoms. The van der Waals surface area contributed by atoms with Gasteiger partial charge in [0, 0.05) is 67.5 Å². The summed E-state index contributed by atoms with van der Waals surface area (Å²) < 4.78 is 7.40. The molecular weight excluding hydrogens is 751 g/mol. The summed E-state index contributed by atoms with van der Waals surface area (Å²) in [5.41, 5.74) is 0. The van der Waals surface area contributed by atoms with E-state index in [0.29, 0.717) is 48.7 Å².